The van der Waals surface area contributed by atoms with Crippen molar-refractivity contribution in [2.24, 2.45) is 5.73 Å². The minimum atomic E-state index is 0.579. The van der Waals surface area contributed by atoms with E-state index in [2.05, 4.69) is 26.2 Å². The van der Waals surface area contributed by atoms with E-state index in [9.17, 15) is 0 Å². The van der Waals surface area contributed by atoms with Crippen molar-refractivity contribution in [1.29, 1.82) is 0 Å². The topological polar surface area (TPSA) is 50.9 Å². The molecule has 1 aromatic heterocycles. The Hall–Kier alpha value is -1.10. The summed E-state index contributed by atoms with van der Waals surface area (Å²) in [6.07, 6.45) is 2.59. The molecule has 1 heterocycles. The highest BCUT2D eigenvalue weighted by Gasteiger charge is 2.03. The largest absolute Gasteiger partial charge is 0.339 e. The summed E-state index contributed by atoms with van der Waals surface area (Å²) in [5.41, 5.74) is 7.68. The van der Waals surface area contributed by atoms with Gasteiger partial charge in [-0.3, -0.25) is 0 Å². The van der Waals surface area contributed by atoms with Gasteiger partial charge >= 0.3 is 0 Å². The van der Waals surface area contributed by atoms with Gasteiger partial charge in [-0.2, -0.15) is 0 Å². The molecule has 0 saturated heterocycles. The van der Waals surface area contributed by atoms with Gasteiger partial charge in [-0.25, -0.2) is 4.98 Å². The second-order valence-corrected chi connectivity index (χ2v) is 5.17. The van der Waals surface area contributed by atoms with Crippen molar-refractivity contribution in [2.75, 3.05) is 11.9 Å². The molecule has 3 N–H and O–H groups in total. The van der Waals surface area contributed by atoms with Crippen LogP contribution in [0, 0.1) is 0 Å². The van der Waals surface area contributed by atoms with Gasteiger partial charge in [0.05, 0.1) is 5.02 Å². The summed E-state index contributed by atoms with van der Waals surface area (Å²) in [6, 6.07) is 9.87. The monoisotopic (exact) mass is 325 g/mol. The predicted molar refractivity (Wildman–Crippen MR) is 79.4 cm³/mol. The second kappa shape index (κ2) is 6.18. The van der Waals surface area contributed by atoms with Crippen molar-refractivity contribution in [2.45, 2.75) is 6.42 Å². The van der Waals surface area contributed by atoms with Gasteiger partial charge in [-0.05, 0) is 52.7 Å². The molecule has 1 aromatic carbocycles. The van der Waals surface area contributed by atoms with E-state index >= 15 is 0 Å². The molecule has 18 heavy (non-hydrogen) atoms. The van der Waals surface area contributed by atoms with Gasteiger partial charge < -0.3 is 11.1 Å². The van der Waals surface area contributed by atoms with Gasteiger partial charge in [-0.15, -0.1) is 0 Å². The summed E-state index contributed by atoms with van der Waals surface area (Å²) in [7, 11) is 0. The third-order valence-corrected chi connectivity index (χ3v) is 3.18. The van der Waals surface area contributed by atoms with Crippen LogP contribution in [0.5, 0.6) is 0 Å². The van der Waals surface area contributed by atoms with Crippen molar-refractivity contribution >= 4 is 39.0 Å². The number of hydrogen-bond donors (Lipinski definition) is 2. The molecular formula is C13H13BrClN3. The van der Waals surface area contributed by atoms with Crippen molar-refractivity contribution in [3.63, 3.8) is 0 Å². The Kier molecular flexibility index (Phi) is 4.58. The maximum Gasteiger partial charge on any atom is 0.149 e. The number of hydrogen-bond acceptors (Lipinski definition) is 3. The van der Waals surface area contributed by atoms with Crippen LogP contribution >= 0.6 is 27.5 Å². The van der Waals surface area contributed by atoms with Gasteiger partial charge in [0.2, 0.25) is 0 Å². The molecule has 0 aliphatic rings. The Labute approximate surface area is 119 Å². The van der Waals surface area contributed by atoms with Crippen LogP contribution in [0.4, 0.5) is 11.5 Å². The lowest BCUT2D eigenvalue weighted by Crippen LogP contribution is -2.02. The maximum atomic E-state index is 6.09. The molecule has 0 fully saturated rings. The zero-order chi connectivity index (χ0) is 13.0. The first-order chi connectivity index (χ1) is 8.69. The van der Waals surface area contributed by atoms with Crippen LogP contribution in [0.1, 0.15) is 5.56 Å². The van der Waals surface area contributed by atoms with Crippen molar-refractivity contribution in [3.8, 4) is 0 Å². The van der Waals surface area contributed by atoms with Gasteiger partial charge in [0.25, 0.3) is 0 Å². The van der Waals surface area contributed by atoms with Crippen molar-refractivity contribution in [3.05, 3.63) is 51.6 Å². The van der Waals surface area contributed by atoms with Crippen LogP contribution in [-0.4, -0.2) is 11.5 Å². The fourth-order valence-electron chi connectivity index (χ4n) is 1.56. The SMILES string of the molecule is NCCc1ccc(Nc2ncc(Br)cc2Cl)cc1. The summed E-state index contributed by atoms with van der Waals surface area (Å²) >= 11 is 9.41. The zero-order valence-corrected chi connectivity index (χ0v) is 12.0. The van der Waals surface area contributed by atoms with Crippen molar-refractivity contribution in [1.82, 2.24) is 4.98 Å². The first-order valence-electron chi connectivity index (χ1n) is 5.56. The van der Waals surface area contributed by atoms with E-state index < -0.39 is 0 Å². The Morgan fingerprint density at radius 3 is 2.61 bits per heavy atom. The van der Waals surface area contributed by atoms with Crippen LogP contribution in [-0.2, 0) is 6.42 Å². The number of nitrogens with zero attached hydrogens (tertiary/aromatic N) is 1. The van der Waals surface area contributed by atoms with Crippen LogP contribution in [0.3, 0.4) is 0 Å². The highest BCUT2D eigenvalue weighted by atomic mass is 79.9. The quantitative estimate of drug-likeness (QED) is 0.900. The summed E-state index contributed by atoms with van der Waals surface area (Å²) in [5.74, 6) is 0.645. The average Bonchev–Trinajstić information content (AvgIpc) is 2.35. The number of benzene rings is 1. The minimum absolute atomic E-state index is 0.579. The van der Waals surface area contributed by atoms with E-state index in [1.165, 1.54) is 5.56 Å². The average molecular weight is 327 g/mol. The number of pyridine rings is 1. The molecule has 2 rings (SSSR count). The third-order valence-electron chi connectivity index (χ3n) is 2.46. The Bertz CT molecular complexity index is 528. The molecule has 2 aromatic rings. The van der Waals surface area contributed by atoms with E-state index in [1.807, 2.05) is 24.3 Å². The summed E-state index contributed by atoms with van der Waals surface area (Å²) in [5, 5.41) is 3.75. The Morgan fingerprint density at radius 1 is 1.28 bits per heavy atom. The molecular weight excluding hydrogens is 314 g/mol. The predicted octanol–water partition coefficient (Wildman–Crippen LogP) is 3.74. The molecule has 3 nitrogen and oxygen atoms in total. The van der Waals surface area contributed by atoms with Crippen LogP contribution in [0.25, 0.3) is 0 Å². The number of anilines is 2. The fourth-order valence-corrected chi connectivity index (χ4v) is 2.24. The van der Waals surface area contributed by atoms with E-state index in [4.69, 9.17) is 17.3 Å². The Morgan fingerprint density at radius 2 is 2.00 bits per heavy atom. The lowest BCUT2D eigenvalue weighted by molar-refractivity contribution is 0.969. The summed E-state index contributed by atoms with van der Waals surface area (Å²) in [6.45, 7) is 0.660. The summed E-state index contributed by atoms with van der Waals surface area (Å²) < 4.78 is 0.858. The standard InChI is InChI=1S/C13H13BrClN3/c14-10-7-12(15)13(17-8-10)18-11-3-1-9(2-4-11)5-6-16/h1-4,7-8H,5-6,16H2,(H,17,18). The van der Waals surface area contributed by atoms with E-state index in [0.717, 1.165) is 16.6 Å². The number of nitrogens with one attached hydrogen (secondary N) is 1. The molecule has 0 saturated carbocycles. The molecule has 0 aliphatic heterocycles. The molecule has 0 radical (unpaired) electrons. The highest BCUT2D eigenvalue weighted by molar-refractivity contribution is 9.10. The van der Waals surface area contributed by atoms with Gasteiger partial charge in [-0.1, -0.05) is 23.7 Å². The molecule has 5 heteroatoms. The first kappa shape index (κ1) is 13.3. The second-order valence-electron chi connectivity index (χ2n) is 3.84. The smallest absolute Gasteiger partial charge is 0.149 e. The van der Waals surface area contributed by atoms with Crippen molar-refractivity contribution < 1.29 is 0 Å². The number of aromatic nitrogens is 1. The zero-order valence-electron chi connectivity index (χ0n) is 9.66. The Balaban J connectivity index is 2.13. The minimum Gasteiger partial charge on any atom is -0.339 e. The lowest BCUT2D eigenvalue weighted by Gasteiger charge is -2.08. The normalized spacial score (nSPS) is 10.4. The highest BCUT2D eigenvalue weighted by Crippen LogP contribution is 2.25. The van der Waals surface area contributed by atoms with Gasteiger partial charge in [0.15, 0.2) is 0 Å². The summed E-state index contributed by atoms with van der Waals surface area (Å²) in [4.78, 5) is 4.22. The molecule has 94 valence electrons. The van der Waals surface area contributed by atoms with E-state index in [-0.39, 0.29) is 0 Å². The van der Waals surface area contributed by atoms with Gasteiger partial charge in [0, 0.05) is 16.4 Å². The number of nitrogens with two attached hydrogens (primary N) is 1. The van der Waals surface area contributed by atoms with Gasteiger partial charge in [0.1, 0.15) is 5.82 Å². The molecule has 0 bridgehead atoms. The number of halogens is 2. The van der Waals surface area contributed by atoms with Crippen LogP contribution < -0.4 is 11.1 Å². The maximum absolute atomic E-state index is 6.09. The van der Waals surface area contributed by atoms with Crippen LogP contribution in [0.2, 0.25) is 5.02 Å². The van der Waals surface area contributed by atoms with E-state index in [0.29, 0.717) is 17.4 Å². The first-order valence-corrected chi connectivity index (χ1v) is 6.73. The van der Waals surface area contributed by atoms with Crippen LogP contribution in [0.15, 0.2) is 41.0 Å². The fraction of sp³-hybridized carbons (Fsp3) is 0.154. The lowest BCUT2D eigenvalue weighted by atomic mass is 10.1. The third kappa shape index (κ3) is 3.45. The molecule has 0 aliphatic carbocycles. The molecule has 0 amide bonds. The molecule has 0 unspecified atom stereocenters. The molecule has 0 spiro atoms. The van der Waals surface area contributed by atoms with E-state index in [1.54, 1.807) is 12.3 Å². The molecule has 0 atom stereocenters. The number of rotatable bonds is 4.